The summed E-state index contributed by atoms with van der Waals surface area (Å²) in [6, 6.07) is 0. The SMILES string of the molecule is Cc1ncc2[nH]c(=S)n([C@@H]3O[C@H](CO)[C@@H](O)[C@H]3O)c2n1. The Kier molecular flexibility index (Phi) is 3.30. The molecule has 0 bridgehead atoms. The van der Waals surface area contributed by atoms with E-state index < -0.39 is 31.1 Å². The van der Waals surface area contributed by atoms with Gasteiger partial charge in [-0.25, -0.2) is 9.97 Å². The van der Waals surface area contributed by atoms with E-state index in [4.69, 9.17) is 22.1 Å². The fourth-order valence-electron chi connectivity index (χ4n) is 2.33. The number of aromatic amines is 1. The van der Waals surface area contributed by atoms with Crippen LogP contribution in [0.15, 0.2) is 6.20 Å². The lowest BCUT2D eigenvalue weighted by atomic mass is 10.1. The monoisotopic (exact) mass is 298 g/mol. The quantitative estimate of drug-likeness (QED) is 0.547. The molecule has 3 heterocycles. The van der Waals surface area contributed by atoms with Gasteiger partial charge in [0.25, 0.3) is 0 Å². The Hall–Kier alpha value is -1.39. The first-order valence-electron chi connectivity index (χ1n) is 6.09. The number of imidazole rings is 1. The van der Waals surface area contributed by atoms with Gasteiger partial charge in [0.15, 0.2) is 16.6 Å². The van der Waals surface area contributed by atoms with Crippen molar-refractivity contribution in [3.63, 3.8) is 0 Å². The lowest BCUT2D eigenvalue weighted by Crippen LogP contribution is -2.33. The van der Waals surface area contributed by atoms with Crippen LogP contribution in [0, 0.1) is 11.7 Å². The van der Waals surface area contributed by atoms with Crippen LogP contribution in [0.1, 0.15) is 12.1 Å². The van der Waals surface area contributed by atoms with Crippen molar-refractivity contribution in [1.29, 1.82) is 0 Å². The molecule has 0 aromatic carbocycles. The smallest absolute Gasteiger partial charge is 0.181 e. The molecule has 1 aliphatic heterocycles. The maximum Gasteiger partial charge on any atom is 0.181 e. The predicted octanol–water partition coefficient (Wildman–Crippen LogP) is -0.591. The number of nitrogens with one attached hydrogen (secondary N) is 1. The molecule has 2 aromatic heterocycles. The molecule has 20 heavy (non-hydrogen) atoms. The van der Waals surface area contributed by atoms with Crippen LogP contribution in [0.2, 0.25) is 0 Å². The topological polar surface area (TPSA) is 116 Å². The van der Waals surface area contributed by atoms with E-state index in [1.807, 2.05) is 0 Å². The van der Waals surface area contributed by atoms with Crippen molar-refractivity contribution in [1.82, 2.24) is 19.5 Å². The Bertz CT molecular complexity index is 699. The van der Waals surface area contributed by atoms with Gasteiger partial charge in [-0.05, 0) is 19.1 Å². The summed E-state index contributed by atoms with van der Waals surface area (Å²) in [7, 11) is 0. The first-order chi connectivity index (χ1) is 9.52. The van der Waals surface area contributed by atoms with Crippen molar-refractivity contribution in [3.8, 4) is 0 Å². The Morgan fingerprint density at radius 2 is 2.20 bits per heavy atom. The van der Waals surface area contributed by atoms with E-state index in [9.17, 15) is 10.2 Å². The third-order valence-electron chi connectivity index (χ3n) is 3.35. The minimum Gasteiger partial charge on any atom is -0.394 e. The van der Waals surface area contributed by atoms with Gasteiger partial charge in [0.05, 0.1) is 12.8 Å². The normalized spacial score (nSPS) is 30.2. The molecule has 0 unspecified atom stereocenters. The number of hydrogen-bond acceptors (Lipinski definition) is 7. The first-order valence-corrected chi connectivity index (χ1v) is 6.50. The number of rotatable bonds is 2. The minimum absolute atomic E-state index is 0.301. The maximum atomic E-state index is 10.1. The molecule has 0 aliphatic carbocycles. The largest absolute Gasteiger partial charge is 0.394 e. The van der Waals surface area contributed by atoms with E-state index in [0.29, 0.717) is 21.8 Å². The van der Waals surface area contributed by atoms with E-state index in [-0.39, 0.29) is 0 Å². The molecule has 1 fully saturated rings. The molecule has 0 spiro atoms. The number of ether oxygens (including phenoxy) is 1. The van der Waals surface area contributed by atoms with Crippen LogP contribution < -0.4 is 0 Å². The van der Waals surface area contributed by atoms with Gasteiger partial charge in [-0.2, -0.15) is 0 Å². The molecule has 0 amide bonds. The zero-order chi connectivity index (χ0) is 14.4. The second-order valence-electron chi connectivity index (χ2n) is 4.68. The van der Waals surface area contributed by atoms with Crippen LogP contribution in [0.25, 0.3) is 11.2 Å². The molecule has 108 valence electrons. The number of aryl methyl sites for hydroxylation is 1. The minimum atomic E-state index is -1.20. The highest BCUT2D eigenvalue weighted by Crippen LogP contribution is 2.31. The Labute approximate surface area is 118 Å². The van der Waals surface area contributed by atoms with Crippen molar-refractivity contribution in [2.24, 2.45) is 0 Å². The number of hydrogen-bond donors (Lipinski definition) is 4. The molecule has 0 radical (unpaired) electrons. The summed E-state index contributed by atoms with van der Waals surface area (Å²) in [5, 5.41) is 29.0. The van der Waals surface area contributed by atoms with Gasteiger partial charge in [0, 0.05) is 0 Å². The zero-order valence-electron chi connectivity index (χ0n) is 10.6. The Morgan fingerprint density at radius 1 is 1.45 bits per heavy atom. The molecule has 3 rings (SSSR count). The summed E-state index contributed by atoms with van der Waals surface area (Å²) in [5.41, 5.74) is 1.09. The van der Waals surface area contributed by atoms with E-state index >= 15 is 0 Å². The third-order valence-corrected chi connectivity index (χ3v) is 3.65. The predicted molar refractivity (Wildman–Crippen MR) is 70.5 cm³/mol. The van der Waals surface area contributed by atoms with Gasteiger partial charge in [-0.1, -0.05) is 0 Å². The second kappa shape index (κ2) is 4.86. The number of H-pyrrole nitrogens is 1. The van der Waals surface area contributed by atoms with Crippen LogP contribution in [-0.4, -0.2) is 59.8 Å². The highest BCUT2D eigenvalue weighted by atomic mass is 32.1. The van der Waals surface area contributed by atoms with E-state index in [1.165, 1.54) is 4.57 Å². The summed E-state index contributed by atoms with van der Waals surface area (Å²) < 4.78 is 7.26. The number of fused-ring (bicyclic) bond motifs is 1. The summed E-state index contributed by atoms with van der Waals surface area (Å²) in [6.07, 6.45) is -2.55. The van der Waals surface area contributed by atoms with Crippen molar-refractivity contribution >= 4 is 23.4 Å². The van der Waals surface area contributed by atoms with Gasteiger partial charge >= 0.3 is 0 Å². The van der Waals surface area contributed by atoms with Gasteiger partial charge < -0.3 is 25.0 Å². The molecule has 4 atom stereocenters. The molecular weight excluding hydrogens is 284 g/mol. The molecule has 4 N–H and O–H groups in total. The van der Waals surface area contributed by atoms with Gasteiger partial charge in [-0.3, -0.25) is 4.57 Å². The summed E-state index contributed by atoms with van der Waals surface area (Å²) in [6.45, 7) is 1.34. The van der Waals surface area contributed by atoms with Gasteiger partial charge in [0.2, 0.25) is 0 Å². The molecule has 1 saturated heterocycles. The fourth-order valence-corrected chi connectivity index (χ4v) is 2.63. The summed E-state index contributed by atoms with van der Waals surface area (Å²) >= 11 is 5.20. The highest BCUT2D eigenvalue weighted by molar-refractivity contribution is 7.71. The fraction of sp³-hybridized carbons (Fsp3) is 0.545. The average Bonchev–Trinajstić information content (AvgIpc) is 2.88. The molecule has 1 aliphatic rings. The summed E-state index contributed by atoms with van der Waals surface area (Å²) in [4.78, 5) is 11.2. The number of aliphatic hydroxyl groups is 3. The summed E-state index contributed by atoms with van der Waals surface area (Å²) in [5.74, 6) is 0.548. The van der Waals surface area contributed by atoms with E-state index in [0.717, 1.165) is 0 Å². The van der Waals surface area contributed by atoms with Gasteiger partial charge in [-0.15, -0.1) is 0 Å². The standard InChI is InChI=1S/C11H14N4O4S/c1-4-12-2-5-9(13-4)15(11(20)14-5)10-8(18)7(17)6(3-16)19-10/h2,6-8,10,16-18H,3H2,1H3,(H,14,20)/t6-,7-,8-,10-/m1/s1. The Morgan fingerprint density at radius 3 is 2.85 bits per heavy atom. The van der Waals surface area contributed by atoms with Crippen LogP contribution in [-0.2, 0) is 4.74 Å². The maximum absolute atomic E-state index is 10.1. The van der Waals surface area contributed by atoms with Crippen LogP contribution in [0.5, 0.6) is 0 Å². The van der Waals surface area contributed by atoms with Crippen molar-refractivity contribution < 1.29 is 20.1 Å². The van der Waals surface area contributed by atoms with Gasteiger partial charge in [0.1, 0.15) is 29.7 Å². The Balaban J connectivity index is 2.13. The lowest BCUT2D eigenvalue weighted by Gasteiger charge is -2.16. The van der Waals surface area contributed by atoms with Crippen LogP contribution in [0.4, 0.5) is 0 Å². The van der Waals surface area contributed by atoms with E-state index in [1.54, 1.807) is 13.1 Å². The highest BCUT2D eigenvalue weighted by Gasteiger charge is 2.44. The van der Waals surface area contributed by atoms with Crippen molar-refractivity contribution in [3.05, 3.63) is 16.8 Å². The number of nitrogens with zero attached hydrogens (tertiary/aromatic N) is 3. The molecule has 2 aromatic rings. The lowest BCUT2D eigenvalue weighted by molar-refractivity contribution is -0.0517. The molecule has 9 heteroatoms. The first kappa shape index (κ1) is 13.6. The molecule has 8 nitrogen and oxygen atoms in total. The molecule has 0 saturated carbocycles. The third kappa shape index (κ3) is 1.95. The van der Waals surface area contributed by atoms with Crippen molar-refractivity contribution in [2.45, 2.75) is 31.5 Å². The van der Waals surface area contributed by atoms with Crippen LogP contribution >= 0.6 is 12.2 Å². The second-order valence-corrected chi connectivity index (χ2v) is 5.07. The zero-order valence-corrected chi connectivity index (χ0v) is 11.4. The van der Waals surface area contributed by atoms with E-state index in [2.05, 4.69) is 15.0 Å². The van der Waals surface area contributed by atoms with Crippen LogP contribution in [0.3, 0.4) is 0 Å². The average molecular weight is 298 g/mol. The number of aliphatic hydroxyl groups excluding tert-OH is 3. The molecular formula is C11H14N4O4S. The van der Waals surface area contributed by atoms with Crippen molar-refractivity contribution in [2.75, 3.05) is 6.61 Å². The number of aromatic nitrogens is 4.